The van der Waals surface area contributed by atoms with E-state index in [1.165, 1.54) is 11.8 Å². The van der Waals surface area contributed by atoms with Crippen LogP contribution < -0.4 is 11.1 Å². The minimum atomic E-state index is -0.222. The van der Waals surface area contributed by atoms with Crippen molar-refractivity contribution in [3.05, 3.63) is 28.2 Å². The molecule has 0 saturated carbocycles. The predicted octanol–water partition coefficient (Wildman–Crippen LogP) is 2.43. The first-order chi connectivity index (χ1) is 9.47. The normalized spacial score (nSPS) is 10.6. The van der Waals surface area contributed by atoms with Crippen LogP contribution in [0.3, 0.4) is 0 Å². The van der Waals surface area contributed by atoms with Crippen LogP contribution in [-0.4, -0.2) is 26.4 Å². The Bertz CT molecular complexity index is 646. The minimum absolute atomic E-state index is 0.162. The number of nitrogens with zero attached hydrogens (tertiary/aromatic N) is 3. The molecule has 1 aromatic heterocycles. The second kappa shape index (κ2) is 6.34. The lowest BCUT2D eigenvalue weighted by atomic mass is 10.3. The summed E-state index contributed by atoms with van der Waals surface area (Å²) in [5.41, 5.74) is 6.02. The van der Waals surface area contributed by atoms with E-state index in [1.54, 1.807) is 29.8 Å². The van der Waals surface area contributed by atoms with Crippen LogP contribution in [0.5, 0.6) is 0 Å². The molecule has 0 atom stereocenters. The molecule has 0 aliphatic carbocycles. The summed E-state index contributed by atoms with van der Waals surface area (Å²) in [5.74, 6) is 0.237. The van der Waals surface area contributed by atoms with Crippen molar-refractivity contribution in [2.45, 2.75) is 5.16 Å². The van der Waals surface area contributed by atoms with Crippen LogP contribution in [0.25, 0.3) is 0 Å². The standard InChI is InChI=1S/C11H11Cl2N5OS/c1-18-10(14)16-17-11(18)20-5-9(19)15-8-4-6(12)2-3-7(8)13/h2-4H,5H2,1H3,(H2,14,16)(H,15,19). The molecular weight excluding hydrogens is 321 g/mol. The van der Waals surface area contributed by atoms with Crippen molar-refractivity contribution in [3.63, 3.8) is 0 Å². The van der Waals surface area contributed by atoms with Gasteiger partial charge in [0, 0.05) is 12.1 Å². The molecule has 1 aromatic carbocycles. The number of benzene rings is 1. The van der Waals surface area contributed by atoms with Crippen LogP contribution in [0.15, 0.2) is 23.4 Å². The minimum Gasteiger partial charge on any atom is -0.368 e. The van der Waals surface area contributed by atoms with E-state index in [-0.39, 0.29) is 11.7 Å². The summed E-state index contributed by atoms with van der Waals surface area (Å²) in [4.78, 5) is 11.8. The number of hydrogen-bond acceptors (Lipinski definition) is 5. The molecule has 0 spiro atoms. The van der Waals surface area contributed by atoms with Gasteiger partial charge in [0.2, 0.25) is 11.9 Å². The average Bonchev–Trinajstić information content (AvgIpc) is 2.72. The van der Waals surface area contributed by atoms with Gasteiger partial charge in [-0.05, 0) is 18.2 Å². The lowest BCUT2D eigenvalue weighted by molar-refractivity contribution is -0.113. The van der Waals surface area contributed by atoms with Gasteiger partial charge in [-0.15, -0.1) is 10.2 Å². The number of hydrogen-bond donors (Lipinski definition) is 2. The van der Waals surface area contributed by atoms with Gasteiger partial charge in [-0.2, -0.15) is 0 Å². The fraction of sp³-hybridized carbons (Fsp3) is 0.182. The summed E-state index contributed by atoms with van der Waals surface area (Å²) >= 11 is 13.0. The highest BCUT2D eigenvalue weighted by molar-refractivity contribution is 7.99. The lowest BCUT2D eigenvalue weighted by Crippen LogP contribution is -2.14. The number of thioether (sulfide) groups is 1. The molecule has 0 saturated heterocycles. The Balaban J connectivity index is 1.96. The fourth-order valence-electron chi connectivity index (χ4n) is 1.36. The molecule has 3 N–H and O–H groups in total. The first kappa shape index (κ1) is 15.0. The Kier molecular flexibility index (Phi) is 4.74. The predicted molar refractivity (Wildman–Crippen MR) is 81.2 cm³/mol. The van der Waals surface area contributed by atoms with Crippen LogP contribution in [0.1, 0.15) is 0 Å². The number of halogens is 2. The highest BCUT2D eigenvalue weighted by Gasteiger charge is 2.11. The molecule has 6 nitrogen and oxygen atoms in total. The summed E-state index contributed by atoms with van der Waals surface area (Å²) in [6.45, 7) is 0. The highest BCUT2D eigenvalue weighted by atomic mass is 35.5. The molecule has 1 heterocycles. The number of carbonyl (C=O) groups excluding carboxylic acids is 1. The number of nitrogens with two attached hydrogens (primary N) is 1. The van der Waals surface area contributed by atoms with Crippen LogP contribution in [-0.2, 0) is 11.8 Å². The van der Waals surface area contributed by atoms with Crippen molar-refractivity contribution in [3.8, 4) is 0 Å². The summed E-state index contributed by atoms with van der Waals surface area (Å²) in [6.07, 6.45) is 0. The SMILES string of the molecule is Cn1c(N)nnc1SCC(=O)Nc1cc(Cl)ccc1Cl. The van der Waals surface area contributed by atoms with E-state index in [2.05, 4.69) is 15.5 Å². The van der Waals surface area contributed by atoms with E-state index in [1.807, 2.05) is 0 Å². The van der Waals surface area contributed by atoms with E-state index in [0.29, 0.717) is 26.8 Å². The number of rotatable bonds is 4. The zero-order valence-corrected chi connectivity index (χ0v) is 12.8. The van der Waals surface area contributed by atoms with Gasteiger partial charge < -0.3 is 11.1 Å². The van der Waals surface area contributed by atoms with E-state index in [0.717, 1.165) is 0 Å². The van der Waals surface area contributed by atoms with Crippen LogP contribution in [0, 0.1) is 0 Å². The number of anilines is 2. The van der Waals surface area contributed by atoms with Crippen LogP contribution in [0.4, 0.5) is 11.6 Å². The highest BCUT2D eigenvalue weighted by Crippen LogP contribution is 2.26. The molecule has 0 bridgehead atoms. The Morgan fingerprint density at radius 3 is 2.85 bits per heavy atom. The molecule has 0 radical (unpaired) electrons. The Morgan fingerprint density at radius 2 is 2.20 bits per heavy atom. The number of nitrogens with one attached hydrogen (secondary N) is 1. The summed E-state index contributed by atoms with van der Waals surface area (Å²) in [5, 5.41) is 11.7. The molecular formula is C11H11Cl2N5OS. The summed E-state index contributed by atoms with van der Waals surface area (Å²) < 4.78 is 1.60. The number of carbonyl (C=O) groups is 1. The zero-order valence-electron chi connectivity index (χ0n) is 10.4. The van der Waals surface area contributed by atoms with E-state index >= 15 is 0 Å². The third-order valence-electron chi connectivity index (χ3n) is 2.40. The van der Waals surface area contributed by atoms with E-state index in [4.69, 9.17) is 28.9 Å². The fourth-order valence-corrected chi connectivity index (χ4v) is 2.42. The van der Waals surface area contributed by atoms with Gasteiger partial charge in [0.05, 0.1) is 16.5 Å². The van der Waals surface area contributed by atoms with Crippen LogP contribution in [0.2, 0.25) is 10.0 Å². The molecule has 0 fully saturated rings. The maximum Gasteiger partial charge on any atom is 0.234 e. The summed E-state index contributed by atoms with van der Waals surface area (Å²) in [6, 6.07) is 4.86. The van der Waals surface area contributed by atoms with Crippen LogP contribution >= 0.6 is 35.0 Å². The van der Waals surface area contributed by atoms with Gasteiger partial charge in [-0.1, -0.05) is 35.0 Å². The molecule has 2 aromatic rings. The lowest BCUT2D eigenvalue weighted by Gasteiger charge is -2.07. The first-order valence-electron chi connectivity index (χ1n) is 5.50. The molecule has 106 valence electrons. The van der Waals surface area contributed by atoms with Gasteiger partial charge in [-0.3, -0.25) is 9.36 Å². The summed E-state index contributed by atoms with van der Waals surface area (Å²) in [7, 11) is 1.73. The Morgan fingerprint density at radius 1 is 1.45 bits per heavy atom. The van der Waals surface area contributed by atoms with Gasteiger partial charge in [0.25, 0.3) is 0 Å². The second-order valence-electron chi connectivity index (χ2n) is 3.86. The molecule has 2 rings (SSSR count). The van der Waals surface area contributed by atoms with Crippen molar-refractivity contribution in [2.24, 2.45) is 7.05 Å². The van der Waals surface area contributed by atoms with Crippen molar-refractivity contribution in [1.82, 2.24) is 14.8 Å². The third kappa shape index (κ3) is 3.56. The molecule has 20 heavy (non-hydrogen) atoms. The maximum absolute atomic E-state index is 11.8. The average molecular weight is 332 g/mol. The molecule has 0 aliphatic rings. The number of amides is 1. The monoisotopic (exact) mass is 331 g/mol. The second-order valence-corrected chi connectivity index (χ2v) is 5.65. The topological polar surface area (TPSA) is 85.8 Å². The van der Waals surface area contributed by atoms with Crippen molar-refractivity contribution >= 4 is 52.5 Å². The molecule has 1 amide bonds. The quantitative estimate of drug-likeness (QED) is 0.840. The van der Waals surface area contributed by atoms with Gasteiger partial charge in [0.1, 0.15) is 0 Å². The number of nitrogen functional groups attached to an aromatic ring is 1. The van der Waals surface area contributed by atoms with Gasteiger partial charge in [-0.25, -0.2) is 0 Å². The third-order valence-corrected chi connectivity index (χ3v) is 3.99. The van der Waals surface area contributed by atoms with Gasteiger partial charge >= 0.3 is 0 Å². The maximum atomic E-state index is 11.8. The zero-order chi connectivity index (χ0) is 14.7. The Hall–Kier alpha value is -1.44. The Labute approximate surface area is 129 Å². The van der Waals surface area contributed by atoms with E-state index < -0.39 is 0 Å². The van der Waals surface area contributed by atoms with Crippen molar-refractivity contribution in [2.75, 3.05) is 16.8 Å². The largest absolute Gasteiger partial charge is 0.368 e. The van der Waals surface area contributed by atoms with Gasteiger partial charge in [0.15, 0.2) is 5.16 Å². The number of aromatic nitrogens is 3. The van der Waals surface area contributed by atoms with Crippen molar-refractivity contribution in [1.29, 1.82) is 0 Å². The molecule has 9 heteroatoms. The molecule has 0 aliphatic heterocycles. The first-order valence-corrected chi connectivity index (χ1v) is 7.24. The molecule has 0 unspecified atom stereocenters. The van der Waals surface area contributed by atoms with E-state index in [9.17, 15) is 4.79 Å². The smallest absolute Gasteiger partial charge is 0.234 e. The van der Waals surface area contributed by atoms with Crippen molar-refractivity contribution < 1.29 is 4.79 Å².